The first kappa shape index (κ1) is 15.5. The van der Waals surface area contributed by atoms with Crippen LogP contribution >= 0.6 is 0 Å². The van der Waals surface area contributed by atoms with Crippen molar-refractivity contribution in [2.24, 2.45) is 11.7 Å². The van der Waals surface area contributed by atoms with Crippen LogP contribution < -0.4 is 15.8 Å². The lowest BCUT2D eigenvalue weighted by atomic mass is 10.1. The van der Waals surface area contributed by atoms with Gasteiger partial charge in [-0.25, -0.2) is 0 Å². The van der Waals surface area contributed by atoms with E-state index >= 15 is 0 Å². The fraction of sp³-hybridized carbons (Fsp3) is 0.533. The second-order valence-corrected chi connectivity index (χ2v) is 4.67. The third-order valence-corrected chi connectivity index (χ3v) is 2.99. The fourth-order valence-electron chi connectivity index (χ4n) is 1.80. The number of carbonyl (C=O) groups is 1. The Morgan fingerprint density at radius 2 is 2.16 bits per heavy atom. The minimum atomic E-state index is -0.0792. The Balaban J connectivity index is 2.45. The molecule has 0 aromatic heterocycles. The molecule has 4 heteroatoms. The monoisotopic (exact) mass is 264 g/mol. The number of nitrogens with two attached hydrogens (primary N) is 1. The van der Waals surface area contributed by atoms with Gasteiger partial charge in [0.15, 0.2) is 0 Å². The molecule has 1 atom stereocenters. The number of hydrogen-bond acceptors (Lipinski definition) is 3. The summed E-state index contributed by atoms with van der Waals surface area (Å²) >= 11 is 0. The molecule has 0 aliphatic heterocycles. The summed E-state index contributed by atoms with van der Waals surface area (Å²) in [5.41, 5.74) is 6.15. The molecule has 0 aliphatic carbocycles. The molecule has 3 N–H and O–H groups in total. The summed E-state index contributed by atoms with van der Waals surface area (Å²) in [6, 6.07) is 7.30. The number of hydrogen-bond donors (Lipinski definition) is 2. The molecule has 0 bridgehead atoms. The normalized spacial score (nSPS) is 11.9. The Bertz CT molecular complexity index is 393. The Labute approximate surface area is 115 Å². The molecular formula is C15H24N2O2. The van der Waals surface area contributed by atoms with E-state index in [2.05, 4.69) is 12.2 Å². The quantitative estimate of drug-likeness (QED) is 0.707. The van der Waals surface area contributed by atoms with Crippen LogP contribution in [-0.2, 0) is 0 Å². The van der Waals surface area contributed by atoms with E-state index in [-0.39, 0.29) is 5.91 Å². The Hall–Kier alpha value is -1.55. The molecule has 0 saturated carbocycles. The summed E-state index contributed by atoms with van der Waals surface area (Å²) in [5.74, 6) is 1.06. The SMILES string of the molecule is CCOc1ccccc1C(=O)NCCCC(C)CN. The summed E-state index contributed by atoms with van der Waals surface area (Å²) < 4.78 is 5.44. The molecule has 1 aromatic rings. The molecule has 0 spiro atoms. The van der Waals surface area contributed by atoms with Crippen LogP contribution in [0.1, 0.15) is 37.0 Å². The zero-order valence-electron chi connectivity index (χ0n) is 11.8. The van der Waals surface area contributed by atoms with Gasteiger partial charge in [0.1, 0.15) is 5.75 Å². The van der Waals surface area contributed by atoms with E-state index in [0.29, 0.717) is 36.9 Å². The third kappa shape index (κ3) is 5.30. The summed E-state index contributed by atoms with van der Waals surface area (Å²) in [6.07, 6.45) is 1.98. The van der Waals surface area contributed by atoms with Gasteiger partial charge >= 0.3 is 0 Å². The predicted molar refractivity (Wildman–Crippen MR) is 77.4 cm³/mol. The van der Waals surface area contributed by atoms with Crippen LogP contribution in [0.5, 0.6) is 5.75 Å². The minimum absolute atomic E-state index is 0.0792. The van der Waals surface area contributed by atoms with Gasteiger partial charge in [0.25, 0.3) is 5.91 Å². The molecule has 1 unspecified atom stereocenters. The first-order valence-electron chi connectivity index (χ1n) is 6.89. The van der Waals surface area contributed by atoms with Crippen molar-refractivity contribution in [3.05, 3.63) is 29.8 Å². The van der Waals surface area contributed by atoms with Crippen LogP contribution in [0.2, 0.25) is 0 Å². The highest BCUT2D eigenvalue weighted by Crippen LogP contribution is 2.17. The number of carbonyl (C=O) groups excluding carboxylic acids is 1. The molecule has 106 valence electrons. The van der Waals surface area contributed by atoms with Crippen LogP contribution in [0.3, 0.4) is 0 Å². The molecule has 4 nitrogen and oxygen atoms in total. The van der Waals surface area contributed by atoms with Gasteiger partial charge in [-0.15, -0.1) is 0 Å². The lowest BCUT2D eigenvalue weighted by molar-refractivity contribution is 0.0948. The van der Waals surface area contributed by atoms with Crippen molar-refractivity contribution < 1.29 is 9.53 Å². The number of ether oxygens (including phenoxy) is 1. The van der Waals surface area contributed by atoms with Crippen molar-refractivity contribution in [1.29, 1.82) is 0 Å². The smallest absolute Gasteiger partial charge is 0.255 e. The Morgan fingerprint density at radius 1 is 1.42 bits per heavy atom. The van der Waals surface area contributed by atoms with Gasteiger partial charge in [0.2, 0.25) is 0 Å². The topological polar surface area (TPSA) is 64.3 Å². The summed E-state index contributed by atoms with van der Waals surface area (Å²) in [4.78, 5) is 12.0. The number of benzene rings is 1. The van der Waals surface area contributed by atoms with Crippen molar-refractivity contribution in [2.75, 3.05) is 19.7 Å². The van der Waals surface area contributed by atoms with E-state index in [9.17, 15) is 4.79 Å². The molecule has 1 amide bonds. The number of rotatable bonds is 8. The van der Waals surface area contributed by atoms with Gasteiger partial charge in [-0.1, -0.05) is 19.1 Å². The number of nitrogens with one attached hydrogen (secondary N) is 1. The minimum Gasteiger partial charge on any atom is -0.493 e. The van der Waals surface area contributed by atoms with Gasteiger partial charge < -0.3 is 15.8 Å². The van der Waals surface area contributed by atoms with E-state index in [1.165, 1.54) is 0 Å². The largest absolute Gasteiger partial charge is 0.493 e. The standard InChI is InChI=1S/C15H24N2O2/c1-3-19-14-9-5-4-8-13(14)15(18)17-10-6-7-12(2)11-16/h4-5,8-9,12H,3,6-7,10-11,16H2,1-2H3,(H,17,18). The maximum absolute atomic E-state index is 12.0. The van der Waals surface area contributed by atoms with Gasteiger partial charge in [-0.3, -0.25) is 4.79 Å². The Morgan fingerprint density at radius 3 is 2.84 bits per heavy atom. The van der Waals surface area contributed by atoms with Crippen LogP contribution in [-0.4, -0.2) is 25.6 Å². The summed E-state index contributed by atoms with van der Waals surface area (Å²) in [6.45, 7) is 5.94. The molecule has 0 saturated heterocycles. The van der Waals surface area contributed by atoms with Gasteiger partial charge in [-0.05, 0) is 44.4 Å². The number of amides is 1. The van der Waals surface area contributed by atoms with Crippen molar-refractivity contribution in [1.82, 2.24) is 5.32 Å². The maximum atomic E-state index is 12.0. The molecule has 19 heavy (non-hydrogen) atoms. The van der Waals surface area contributed by atoms with Crippen LogP contribution in [0.4, 0.5) is 0 Å². The van der Waals surface area contributed by atoms with Crippen LogP contribution in [0.15, 0.2) is 24.3 Å². The highest BCUT2D eigenvalue weighted by Gasteiger charge is 2.11. The van der Waals surface area contributed by atoms with Crippen molar-refractivity contribution in [3.63, 3.8) is 0 Å². The first-order chi connectivity index (χ1) is 9.19. The molecule has 0 radical (unpaired) electrons. The van der Waals surface area contributed by atoms with Crippen molar-refractivity contribution in [3.8, 4) is 5.75 Å². The maximum Gasteiger partial charge on any atom is 0.255 e. The molecular weight excluding hydrogens is 240 g/mol. The van der Waals surface area contributed by atoms with Crippen LogP contribution in [0.25, 0.3) is 0 Å². The molecule has 1 rings (SSSR count). The third-order valence-electron chi connectivity index (χ3n) is 2.99. The first-order valence-corrected chi connectivity index (χ1v) is 6.89. The van der Waals surface area contributed by atoms with Gasteiger partial charge in [-0.2, -0.15) is 0 Å². The predicted octanol–water partition coefficient (Wildman–Crippen LogP) is 2.19. The molecule has 1 aromatic carbocycles. The summed E-state index contributed by atoms with van der Waals surface area (Å²) in [5, 5.41) is 2.92. The highest BCUT2D eigenvalue weighted by molar-refractivity contribution is 5.96. The lowest BCUT2D eigenvalue weighted by Gasteiger charge is -2.11. The van der Waals surface area contributed by atoms with E-state index in [4.69, 9.17) is 10.5 Å². The zero-order valence-corrected chi connectivity index (χ0v) is 11.8. The highest BCUT2D eigenvalue weighted by atomic mass is 16.5. The zero-order chi connectivity index (χ0) is 14.1. The Kier molecular flexibility index (Phi) is 6.97. The van der Waals surface area contributed by atoms with E-state index in [1.807, 2.05) is 25.1 Å². The van der Waals surface area contributed by atoms with E-state index in [1.54, 1.807) is 6.07 Å². The van der Waals surface area contributed by atoms with E-state index in [0.717, 1.165) is 12.8 Å². The van der Waals surface area contributed by atoms with E-state index < -0.39 is 0 Å². The van der Waals surface area contributed by atoms with Gasteiger partial charge in [0, 0.05) is 6.54 Å². The average Bonchev–Trinajstić information content (AvgIpc) is 2.44. The molecule has 0 heterocycles. The van der Waals surface area contributed by atoms with Gasteiger partial charge in [0.05, 0.1) is 12.2 Å². The van der Waals surface area contributed by atoms with Crippen molar-refractivity contribution >= 4 is 5.91 Å². The summed E-state index contributed by atoms with van der Waals surface area (Å²) in [7, 11) is 0. The number of para-hydroxylation sites is 1. The fourth-order valence-corrected chi connectivity index (χ4v) is 1.80. The molecule has 0 fully saturated rings. The average molecular weight is 264 g/mol. The van der Waals surface area contributed by atoms with Crippen molar-refractivity contribution in [2.45, 2.75) is 26.7 Å². The second-order valence-electron chi connectivity index (χ2n) is 4.67. The van der Waals surface area contributed by atoms with Crippen LogP contribution in [0, 0.1) is 5.92 Å². The lowest BCUT2D eigenvalue weighted by Crippen LogP contribution is -2.25. The second kappa shape index (κ2) is 8.53. The molecule has 0 aliphatic rings.